The third-order valence-electron chi connectivity index (χ3n) is 4.87. The monoisotopic (exact) mass is 488 g/mol. The Hall–Kier alpha value is -0.531. The van der Waals surface area contributed by atoms with Crippen LogP contribution in [0.15, 0.2) is 0 Å². The Labute approximate surface area is 157 Å². The first-order valence-electron chi connectivity index (χ1n) is 9.47. The van der Waals surface area contributed by atoms with Gasteiger partial charge in [-0.15, -0.1) is 0 Å². The van der Waals surface area contributed by atoms with Gasteiger partial charge < -0.3 is 0 Å². The average Bonchev–Trinajstić information content (AvgIpc) is 2.65. The van der Waals surface area contributed by atoms with Crippen molar-refractivity contribution in [1.29, 1.82) is 0 Å². The Balaban J connectivity index is 3.11. The molecule has 0 spiro atoms. The molecule has 0 atom stereocenters. The zero-order chi connectivity index (χ0) is 19.7. The SMILES string of the molecule is CCC[CH2][Sn]([CH2]CCC)([CH2]CCC)[CH2]Oc1c(F)c(F)c(F)c(F)c1F. The summed E-state index contributed by atoms with van der Waals surface area (Å²) >= 11 is -2.91. The summed E-state index contributed by atoms with van der Waals surface area (Å²) in [6.45, 7) is 6.25. The van der Waals surface area contributed by atoms with E-state index in [1.165, 1.54) is 0 Å². The molecule has 0 heterocycles. The van der Waals surface area contributed by atoms with Gasteiger partial charge in [-0.3, -0.25) is 0 Å². The Morgan fingerprint density at radius 2 is 0.962 bits per heavy atom. The number of benzene rings is 1. The van der Waals surface area contributed by atoms with Crippen molar-refractivity contribution in [1.82, 2.24) is 0 Å². The summed E-state index contributed by atoms with van der Waals surface area (Å²) in [6.07, 6.45) is 6.09. The van der Waals surface area contributed by atoms with Crippen molar-refractivity contribution in [3.63, 3.8) is 0 Å². The van der Waals surface area contributed by atoms with Crippen LogP contribution in [0.3, 0.4) is 0 Å². The van der Waals surface area contributed by atoms with Crippen molar-refractivity contribution >= 4 is 18.4 Å². The second kappa shape index (κ2) is 11.3. The number of halogens is 5. The molecule has 0 radical (unpaired) electrons. The van der Waals surface area contributed by atoms with Gasteiger partial charge in [0.1, 0.15) is 0 Å². The molecule has 0 aliphatic carbocycles. The van der Waals surface area contributed by atoms with Crippen LogP contribution < -0.4 is 4.74 Å². The summed E-state index contributed by atoms with van der Waals surface area (Å²) in [4.78, 5) is 0. The van der Waals surface area contributed by atoms with Gasteiger partial charge in [-0.25, -0.2) is 0 Å². The summed E-state index contributed by atoms with van der Waals surface area (Å²) < 4.78 is 76.4. The van der Waals surface area contributed by atoms with Crippen molar-refractivity contribution in [2.75, 3.05) is 4.62 Å². The maximum atomic E-state index is 13.9. The van der Waals surface area contributed by atoms with E-state index < -0.39 is 53.2 Å². The quantitative estimate of drug-likeness (QED) is 0.132. The molecule has 0 fully saturated rings. The van der Waals surface area contributed by atoms with Crippen LogP contribution >= 0.6 is 0 Å². The minimum absolute atomic E-state index is 0.160. The number of rotatable bonds is 12. The predicted molar refractivity (Wildman–Crippen MR) is 96.6 cm³/mol. The Morgan fingerprint density at radius 3 is 1.31 bits per heavy atom. The van der Waals surface area contributed by atoms with Crippen LogP contribution in [0.25, 0.3) is 0 Å². The molecule has 0 bridgehead atoms. The maximum absolute atomic E-state index is 13.9. The first-order valence-corrected chi connectivity index (χ1v) is 17.5. The average molecular weight is 487 g/mol. The molecule has 1 rings (SSSR count). The van der Waals surface area contributed by atoms with Crippen LogP contribution in [0.2, 0.25) is 13.3 Å². The van der Waals surface area contributed by atoms with Gasteiger partial charge in [0, 0.05) is 0 Å². The summed E-state index contributed by atoms with van der Waals surface area (Å²) in [6, 6.07) is 0. The Kier molecular flexibility index (Phi) is 10.3. The van der Waals surface area contributed by atoms with Gasteiger partial charge in [0.15, 0.2) is 0 Å². The molecule has 1 nitrogen and oxygen atoms in total. The number of unbranched alkanes of at least 4 members (excludes halogenated alkanes) is 3. The topological polar surface area (TPSA) is 9.23 Å². The molecular formula is C19H29F5OSn. The Bertz CT molecular complexity index is 529. The van der Waals surface area contributed by atoms with Crippen LogP contribution in [-0.4, -0.2) is 23.0 Å². The van der Waals surface area contributed by atoms with E-state index in [4.69, 9.17) is 4.74 Å². The third-order valence-corrected chi connectivity index (χ3v) is 19.1. The molecule has 0 aliphatic heterocycles. The molecular weight excluding hydrogens is 458 g/mol. The zero-order valence-corrected chi connectivity index (χ0v) is 18.7. The molecule has 150 valence electrons. The molecule has 0 saturated heterocycles. The van der Waals surface area contributed by atoms with Gasteiger partial charge in [0.25, 0.3) is 0 Å². The Morgan fingerprint density at radius 1 is 0.615 bits per heavy atom. The van der Waals surface area contributed by atoms with Crippen LogP contribution in [0.1, 0.15) is 59.3 Å². The normalized spacial score (nSPS) is 11.8. The molecule has 0 unspecified atom stereocenters. The molecule has 7 heteroatoms. The van der Waals surface area contributed by atoms with E-state index >= 15 is 0 Å². The molecule has 0 saturated carbocycles. The predicted octanol–water partition coefficient (Wildman–Crippen LogP) is 7.15. The van der Waals surface area contributed by atoms with E-state index in [9.17, 15) is 22.0 Å². The number of ether oxygens (including phenoxy) is 1. The first kappa shape index (κ1) is 23.5. The number of hydrogen-bond donors (Lipinski definition) is 0. The van der Waals surface area contributed by atoms with Crippen LogP contribution in [0, 0.1) is 29.1 Å². The summed E-state index contributed by atoms with van der Waals surface area (Å²) in [5, 5.41) is 0. The van der Waals surface area contributed by atoms with Gasteiger partial charge in [0.05, 0.1) is 0 Å². The van der Waals surface area contributed by atoms with E-state index in [1.54, 1.807) is 0 Å². The van der Waals surface area contributed by atoms with Gasteiger partial charge >= 0.3 is 157 Å². The molecule has 1 aromatic carbocycles. The van der Waals surface area contributed by atoms with E-state index in [0.29, 0.717) is 0 Å². The summed E-state index contributed by atoms with van der Waals surface area (Å²) in [5.74, 6) is -10.9. The van der Waals surface area contributed by atoms with Gasteiger partial charge in [0.2, 0.25) is 0 Å². The molecule has 0 amide bonds. The zero-order valence-electron chi connectivity index (χ0n) is 15.9. The van der Waals surface area contributed by atoms with Crippen LogP contribution in [0.5, 0.6) is 5.75 Å². The van der Waals surface area contributed by atoms with Gasteiger partial charge in [-0.05, 0) is 0 Å². The second-order valence-corrected chi connectivity index (χ2v) is 20.7. The number of hydrogen-bond acceptors (Lipinski definition) is 1. The third kappa shape index (κ3) is 5.99. The van der Waals surface area contributed by atoms with Crippen LogP contribution in [-0.2, 0) is 0 Å². The minimum atomic E-state index is -2.91. The summed E-state index contributed by atoms with van der Waals surface area (Å²) in [7, 11) is 0. The van der Waals surface area contributed by atoms with Gasteiger partial charge in [-0.1, -0.05) is 0 Å². The standard InChI is InChI=1S/C7H2F5O.3C4H9.Sn/c1-13-7-5(11)3(9)2(8)4(10)6(7)12;3*1-3-4-2;/h1H2;3*1,3-4H2,2H3;. The molecule has 0 aromatic heterocycles. The van der Waals surface area contributed by atoms with Crippen molar-refractivity contribution in [3.8, 4) is 5.75 Å². The molecule has 0 N–H and O–H groups in total. The molecule has 1 aromatic rings. The molecule has 26 heavy (non-hydrogen) atoms. The van der Waals surface area contributed by atoms with Crippen molar-refractivity contribution in [2.24, 2.45) is 0 Å². The second-order valence-electron chi connectivity index (χ2n) is 7.00. The fraction of sp³-hybridized carbons (Fsp3) is 0.684. The molecule has 0 aliphatic rings. The van der Waals surface area contributed by atoms with E-state index in [2.05, 4.69) is 20.8 Å². The van der Waals surface area contributed by atoms with E-state index in [0.717, 1.165) is 51.8 Å². The first-order chi connectivity index (χ1) is 12.3. The van der Waals surface area contributed by atoms with Crippen LogP contribution in [0.4, 0.5) is 22.0 Å². The van der Waals surface area contributed by atoms with Gasteiger partial charge in [-0.2, -0.15) is 0 Å². The van der Waals surface area contributed by atoms with Crippen molar-refractivity contribution < 1.29 is 26.7 Å². The fourth-order valence-electron chi connectivity index (χ4n) is 3.18. The summed E-state index contributed by atoms with van der Waals surface area (Å²) in [5.41, 5.74) is 0. The van der Waals surface area contributed by atoms with E-state index in [1.807, 2.05) is 0 Å². The van der Waals surface area contributed by atoms with Crippen molar-refractivity contribution in [2.45, 2.75) is 72.6 Å². The van der Waals surface area contributed by atoms with Crippen molar-refractivity contribution in [3.05, 3.63) is 29.1 Å². The van der Waals surface area contributed by atoms with E-state index in [-0.39, 0.29) is 4.62 Å². The fourth-order valence-corrected chi connectivity index (χ4v) is 17.3.